The Bertz CT molecular complexity index is 1080. The first-order valence-corrected chi connectivity index (χ1v) is 11.7. The van der Waals surface area contributed by atoms with Crippen molar-refractivity contribution in [2.45, 2.75) is 0 Å². The number of hydrogen-bond donors (Lipinski definition) is 2. The fourth-order valence-corrected chi connectivity index (χ4v) is 10.0. The van der Waals surface area contributed by atoms with Crippen LogP contribution in [0.25, 0.3) is 10.2 Å². The zero-order chi connectivity index (χ0) is 16.1. The topological polar surface area (TPSA) is 27.8 Å². The molecule has 2 heterocycles. The number of para-hydroxylation sites is 3. The molecule has 5 rings (SSSR count). The molecule has 0 unspecified atom stereocenters. The number of fused-ring (bicyclic) bond motifs is 3. The number of anilines is 2. The molecule has 2 nitrogen and oxygen atoms in total. The molecular formula is C19H13AsN2S2. The summed E-state index contributed by atoms with van der Waals surface area (Å²) in [6, 6.07) is 24.0. The molecule has 0 radical (unpaired) electrons. The molecule has 1 aliphatic rings. The van der Waals surface area contributed by atoms with Gasteiger partial charge in [0.05, 0.1) is 0 Å². The van der Waals surface area contributed by atoms with Crippen LogP contribution in [0.2, 0.25) is 0 Å². The van der Waals surface area contributed by atoms with Crippen LogP contribution in [-0.4, -0.2) is 19.6 Å². The van der Waals surface area contributed by atoms with Crippen molar-refractivity contribution in [3.63, 3.8) is 0 Å². The summed E-state index contributed by atoms with van der Waals surface area (Å²) in [5, 5.41) is 3.60. The van der Waals surface area contributed by atoms with Gasteiger partial charge in [-0.25, -0.2) is 0 Å². The first-order valence-electron chi connectivity index (χ1n) is 7.68. The van der Waals surface area contributed by atoms with Crippen LogP contribution in [0.15, 0.2) is 66.7 Å². The van der Waals surface area contributed by atoms with Gasteiger partial charge in [0.25, 0.3) is 0 Å². The van der Waals surface area contributed by atoms with Crippen LogP contribution in [-0.2, 0) is 0 Å². The maximum absolute atomic E-state index is 5.40. The molecule has 5 heteroatoms. The van der Waals surface area contributed by atoms with E-state index in [1.807, 2.05) is 0 Å². The van der Waals surface area contributed by atoms with Crippen LogP contribution in [0, 0.1) is 3.95 Å². The summed E-state index contributed by atoms with van der Waals surface area (Å²) in [7, 11) is 0. The van der Waals surface area contributed by atoms with Crippen LogP contribution in [0.5, 0.6) is 0 Å². The van der Waals surface area contributed by atoms with Crippen molar-refractivity contribution in [3.8, 4) is 0 Å². The monoisotopic (exact) mass is 408 g/mol. The van der Waals surface area contributed by atoms with Crippen LogP contribution in [0.3, 0.4) is 0 Å². The van der Waals surface area contributed by atoms with E-state index in [9.17, 15) is 0 Å². The quantitative estimate of drug-likeness (QED) is 0.328. The van der Waals surface area contributed by atoms with Crippen LogP contribution in [0.4, 0.5) is 11.4 Å². The minimum atomic E-state index is -1.64. The summed E-state index contributed by atoms with van der Waals surface area (Å²) < 4.78 is 6.42. The standard InChI is InChI=1S/C19H13AsN2S2/c23-19-22-18-14(8-5-11-17(18)24-19)20-12-6-1-3-9-15(12)21-16-10-4-2-7-13(16)20/h1-11,21H,(H,22,23). The van der Waals surface area contributed by atoms with Crippen LogP contribution in [0.1, 0.15) is 0 Å². The molecule has 2 N–H and O–H groups in total. The predicted molar refractivity (Wildman–Crippen MR) is 108 cm³/mol. The number of rotatable bonds is 1. The van der Waals surface area contributed by atoms with E-state index in [1.54, 1.807) is 11.3 Å². The molecular weight excluding hydrogens is 395 g/mol. The number of aromatic nitrogens is 1. The predicted octanol–water partition coefficient (Wildman–Crippen LogP) is 3.53. The van der Waals surface area contributed by atoms with Gasteiger partial charge in [0, 0.05) is 0 Å². The van der Waals surface area contributed by atoms with E-state index < -0.39 is 14.7 Å². The van der Waals surface area contributed by atoms with Gasteiger partial charge in [-0.2, -0.15) is 0 Å². The Morgan fingerprint density at radius 2 is 1.38 bits per heavy atom. The first-order chi connectivity index (χ1) is 11.8. The Morgan fingerprint density at radius 1 is 0.750 bits per heavy atom. The van der Waals surface area contributed by atoms with Gasteiger partial charge >= 0.3 is 154 Å². The van der Waals surface area contributed by atoms with Crippen molar-refractivity contribution in [2.24, 2.45) is 0 Å². The number of hydrogen-bond acceptors (Lipinski definition) is 3. The van der Waals surface area contributed by atoms with Crippen LogP contribution < -0.4 is 18.4 Å². The number of nitrogens with one attached hydrogen (secondary N) is 2. The molecule has 0 atom stereocenters. The Morgan fingerprint density at radius 3 is 2.08 bits per heavy atom. The minimum absolute atomic E-state index is 0.850. The third-order valence-electron chi connectivity index (χ3n) is 4.23. The molecule has 0 saturated heterocycles. The van der Waals surface area contributed by atoms with Crippen molar-refractivity contribution in [2.75, 3.05) is 5.32 Å². The van der Waals surface area contributed by atoms with E-state index in [1.165, 1.54) is 34.6 Å². The van der Waals surface area contributed by atoms with E-state index in [0.717, 1.165) is 3.95 Å². The third-order valence-corrected chi connectivity index (χ3v) is 10.9. The second-order valence-electron chi connectivity index (χ2n) is 5.66. The Balaban J connectivity index is 1.86. The van der Waals surface area contributed by atoms with Gasteiger partial charge < -0.3 is 0 Å². The first kappa shape index (κ1) is 14.5. The van der Waals surface area contributed by atoms with Crippen LogP contribution >= 0.6 is 23.6 Å². The molecule has 1 aliphatic heterocycles. The third kappa shape index (κ3) is 2.18. The normalized spacial score (nSPS) is 13.3. The molecule has 0 saturated carbocycles. The molecule has 0 fully saturated rings. The van der Waals surface area contributed by atoms with E-state index in [-0.39, 0.29) is 0 Å². The van der Waals surface area contributed by atoms with Gasteiger partial charge in [-0.05, 0) is 0 Å². The number of thiazole rings is 1. The summed E-state index contributed by atoms with van der Waals surface area (Å²) in [4.78, 5) is 3.44. The van der Waals surface area contributed by atoms with Gasteiger partial charge in [0.2, 0.25) is 0 Å². The number of benzene rings is 3. The van der Waals surface area contributed by atoms with Gasteiger partial charge in [-0.1, -0.05) is 0 Å². The molecule has 0 aliphatic carbocycles. The second-order valence-corrected chi connectivity index (χ2v) is 11.8. The van der Waals surface area contributed by atoms with Gasteiger partial charge in [0.15, 0.2) is 0 Å². The summed E-state index contributed by atoms with van der Waals surface area (Å²) in [5.41, 5.74) is 3.70. The van der Waals surface area contributed by atoms with E-state index >= 15 is 0 Å². The van der Waals surface area contributed by atoms with Crippen molar-refractivity contribution in [1.82, 2.24) is 4.98 Å². The Labute approximate surface area is 153 Å². The summed E-state index contributed by atoms with van der Waals surface area (Å²) >= 11 is 5.42. The van der Waals surface area contributed by atoms with Crippen molar-refractivity contribution in [1.29, 1.82) is 0 Å². The SMILES string of the molecule is S=c1[nH]c2c([As]3c4ccccc4Nc4ccccc43)cccc2s1. The molecule has 116 valence electrons. The maximum atomic E-state index is 5.40. The summed E-state index contributed by atoms with van der Waals surface area (Å²) in [6.45, 7) is 0. The number of aromatic amines is 1. The van der Waals surface area contributed by atoms with E-state index in [4.69, 9.17) is 12.2 Å². The fourth-order valence-electron chi connectivity index (χ4n) is 3.23. The second kappa shape index (κ2) is 5.59. The fraction of sp³-hybridized carbons (Fsp3) is 0. The van der Waals surface area contributed by atoms with Gasteiger partial charge in [-0.3, -0.25) is 0 Å². The average molecular weight is 408 g/mol. The molecule has 3 aromatic carbocycles. The number of H-pyrrole nitrogens is 1. The zero-order valence-electron chi connectivity index (χ0n) is 12.6. The average Bonchev–Trinajstić information content (AvgIpc) is 3.00. The molecule has 4 aromatic rings. The van der Waals surface area contributed by atoms with E-state index in [0.29, 0.717) is 0 Å². The summed E-state index contributed by atoms with van der Waals surface area (Å²) in [6.07, 6.45) is 0. The van der Waals surface area contributed by atoms with Crippen molar-refractivity contribution in [3.05, 3.63) is 70.7 Å². The van der Waals surface area contributed by atoms with E-state index in [2.05, 4.69) is 77.0 Å². The zero-order valence-corrected chi connectivity index (χ0v) is 16.1. The molecule has 24 heavy (non-hydrogen) atoms. The molecule has 0 amide bonds. The Hall–Kier alpha value is -1.87. The van der Waals surface area contributed by atoms with Crippen molar-refractivity contribution < 1.29 is 0 Å². The van der Waals surface area contributed by atoms with Crippen molar-refractivity contribution >= 4 is 72.9 Å². The van der Waals surface area contributed by atoms with Gasteiger partial charge in [-0.15, -0.1) is 0 Å². The molecule has 1 aromatic heterocycles. The molecule has 0 spiro atoms. The molecule has 0 bridgehead atoms. The van der Waals surface area contributed by atoms with Gasteiger partial charge in [0.1, 0.15) is 0 Å². The Kier molecular flexibility index (Phi) is 3.37. The summed E-state index contributed by atoms with van der Waals surface area (Å²) in [5.74, 6) is 0.